The van der Waals surface area contributed by atoms with Gasteiger partial charge in [-0.15, -0.1) is 0 Å². The average Bonchev–Trinajstić information content (AvgIpc) is 2.72. The molecule has 0 aliphatic heterocycles. The van der Waals surface area contributed by atoms with E-state index in [1.165, 1.54) is 0 Å². The highest BCUT2D eigenvalue weighted by atomic mass is 16.5. The molecule has 3 N–H and O–H groups in total. The van der Waals surface area contributed by atoms with Crippen LogP contribution in [0.2, 0.25) is 0 Å². The largest absolute Gasteiger partial charge is 0.496 e. The minimum absolute atomic E-state index is 0.0476. The van der Waals surface area contributed by atoms with Crippen LogP contribution in [-0.2, 0) is 16.0 Å². The zero-order valence-corrected chi connectivity index (χ0v) is 16.9. The third-order valence-electron chi connectivity index (χ3n) is 4.84. The van der Waals surface area contributed by atoms with E-state index in [4.69, 9.17) is 9.84 Å². The summed E-state index contributed by atoms with van der Waals surface area (Å²) in [6, 6.07) is 15.5. The maximum absolute atomic E-state index is 12.1. The molecule has 6 heteroatoms. The monoisotopic (exact) mass is 399 g/mol. The van der Waals surface area contributed by atoms with Gasteiger partial charge in [-0.1, -0.05) is 49.4 Å². The van der Waals surface area contributed by atoms with E-state index in [1.807, 2.05) is 48.5 Å². The van der Waals surface area contributed by atoms with Crippen LogP contribution in [-0.4, -0.2) is 41.8 Å². The van der Waals surface area contributed by atoms with E-state index in [2.05, 4.69) is 5.32 Å². The Kier molecular flexibility index (Phi) is 8.68. The number of rotatable bonds is 11. The fraction of sp³-hybridized carbons (Fsp3) is 0.391. The molecule has 2 atom stereocenters. The van der Waals surface area contributed by atoms with Gasteiger partial charge in [0, 0.05) is 24.6 Å². The maximum atomic E-state index is 12.1. The summed E-state index contributed by atoms with van der Waals surface area (Å²) in [6.45, 7) is 1.59. The van der Waals surface area contributed by atoms with Crippen molar-refractivity contribution in [3.63, 3.8) is 0 Å². The molecule has 2 aromatic carbocycles. The van der Waals surface area contributed by atoms with Gasteiger partial charge in [-0.05, 0) is 36.5 Å². The Balaban J connectivity index is 2.12. The molecule has 2 aromatic rings. The lowest BCUT2D eigenvalue weighted by Gasteiger charge is -2.21. The first-order valence-electron chi connectivity index (χ1n) is 9.80. The van der Waals surface area contributed by atoms with E-state index in [1.54, 1.807) is 14.0 Å². The molecule has 6 nitrogen and oxygen atoms in total. The second kappa shape index (κ2) is 11.2. The molecule has 0 aliphatic carbocycles. The molecule has 1 amide bonds. The second-order valence-corrected chi connectivity index (χ2v) is 7.17. The Labute approximate surface area is 171 Å². The third kappa shape index (κ3) is 6.91. The average molecular weight is 399 g/mol. The van der Waals surface area contributed by atoms with E-state index < -0.39 is 11.9 Å². The molecular formula is C23H29NO5. The first-order valence-corrected chi connectivity index (χ1v) is 9.80. The number of hydrogen-bond donors (Lipinski definition) is 3. The summed E-state index contributed by atoms with van der Waals surface area (Å²) in [5.74, 6) is -0.825. The molecule has 0 aromatic heterocycles. The molecule has 0 saturated heterocycles. The van der Waals surface area contributed by atoms with Gasteiger partial charge in [0.1, 0.15) is 5.75 Å². The van der Waals surface area contributed by atoms with Crippen LogP contribution in [0, 0.1) is 5.92 Å². The van der Waals surface area contributed by atoms with Gasteiger partial charge in [-0.2, -0.15) is 0 Å². The lowest BCUT2D eigenvalue weighted by molar-refractivity contribution is -0.141. The van der Waals surface area contributed by atoms with Gasteiger partial charge >= 0.3 is 5.97 Å². The van der Waals surface area contributed by atoms with Crippen LogP contribution in [0.1, 0.15) is 31.7 Å². The smallest absolute Gasteiger partial charge is 0.306 e. The molecule has 0 radical (unpaired) electrons. The van der Waals surface area contributed by atoms with Crippen molar-refractivity contribution < 1.29 is 24.5 Å². The predicted octanol–water partition coefficient (Wildman–Crippen LogP) is 3.27. The number of amides is 1. The minimum atomic E-state index is -0.883. The highest BCUT2D eigenvalue weighted by molar-refractivity contribution is 5.76. The van der Waals surface area contributed by atoms with Gasteiger partial charge in [-0.3, -0.25) is 9.59 Å². The molecule has 0 aliphatic rings. The third-order valence-corrected chi connectivity index (χ3v) is 4.84. The Morgan fingerprint density at radius 3 is 2.41 bits per heavy atom. The second-order valence-electron chi connectivity index (χ2n) is 7.17. The molecule has 0 spiro atoms. The number of aliphatic carboxylic acids is 1. The number of ether oxygens (including phenoxy) is 1. The number of aliphatic hydroxyl groups is 1. The molecule has 29 heavy (non-hydrogen) atoms. The summed E-state index contributed by atoms with van der Waals surface area (Å²) in [7, 11) is 1.64. The first kappa shape index (κ1) is 22.4. The molecular weight excluding hydrogens is 370 g/mol. The van der Waals surface area contributed by atoms with Gasteiger partial charge in [0.15, 0.2) is 0 Å². The summed E-state index contributed by atoms with van der Waals surface area (Å²) in [5.41, 5.74) is 3.03. The maximum Gasteiger partial charge on any atom is 0.306 e. The van der Waals surface area contributed by atoms with Crippen molar-refractivity contribution in [1.82, 2.24) is 5.32 Å². The van der Waals surface area contributed by atoms with Crippen molar-refractivity contribution in [2.45, 2.75) is 38.6 Å². The zero-order valence-electron chi connectivity index (χ0n) is 16.9. The van der Waals surface area contributed by atoms with Crippen molar-refractivity contribution in [1.29, 1.82) is 0 Å². The number of carbonyl (C=O) groups excluding carboxylic acids is 1. The quantitative estimate of drug-likeness (QED) is 0.539. The first-order chi connectivity index (χ1) is 13.9. The van der Waals surface area contributed by atoms with Crippen LogP contribution in [0.25, 0.3) is 11.1 Å². The van der Waals surface area contributed by atoms with E-state index in [-0.39, 0.29) is 25.0 Å². The number of nitrogens with one attached hydrogen (secondary N) is 1. The van der Waals surface area contributed by atoms with E-state index in [0.29, 0.717) is 19.3 Å². The van der Waals surface area contributed by atoms with Crippen molar-refractivity contribution in [2.75, 3.05) is 13.7 Å². The normalized spacial score (nSPS) is 12.8. The van der Waals surface area contributed by atoms with Crippen molar-refractivity contribution >= 4 is 11.9 Å². The van der Waals surface area contributed by atoms with E-state index in [0.717, 1.165) is 22.4 Å². The van der Waals surface area contributed by atoms with Crippen molar-refractivity contribution in [3.8, 4) is 16.9 Å². The highest BCUT2D eigenvalue weighted by Crippen LogP contribution is 2.29. The number of methoxy groups -OCH3 is 1. The summed E-state index contributed by atoms with van der Waals surface area (Å²) in [6.07, 6.45) is 1.49. The van der Waals surface area contributed by atoms with Crippen LogP contribution >= 0.6 is 0 Å². The van der Waals surface area contributed by atoms with Crippen LogP contribution in [0.5, 0.6) is 5.75 Å². The zero-order chi connectivity index (χ0) is 21.2. The Bertz CT molecular complexity index is 803. The highest BCUT2D eigenvalue weighted by Gasteiger charge is 2.20. The molecule has 0 saturated carbocycles. The molecule has 2 unspecified atom stereocenters. The number of hydrogen-bond acceptors (Lipinski definition) is 4. The van der Waals surface area contributed by atoms with Gasteiger partial charge in [0.05, 0.1) is 13.0 Å². The fourth-order valence-corrected chi connectivity index (χ4v) is 3.25. The van der Waals surface area contributed by atoms with Crippen LogP contribution < -0.4 is 10.1 Å². The van der Waals surface area contributed by atoms with Crippen LogP contribution in [0.4, 0.5) is 0 Å². The number of carbonyl (C=O) groups is 2. The molecule has 0 fully saturated rings. The van der Waals surface area contributed by atoms with E-state index in [9.17, 15) is 14.7 Å². The minimum Gasteiger partial charge on any atom is -0.496 e. The Morgan fingerprint density at radius 1 is 1.10 bits per heavy atom. The van der Waals surface area contributed by atoms with Gasteiger partial charge in [0.25, 0.3) is 0 Å². The molecule has 0 bridgehead atoms. The number of para-hydroxylation sites is 1. The molecule has 156 valence electrons. The van der Waals surface area contributed by atoms with E-state index >= 15 is 0 Å². The van der Waals surface area contributed by atoms with Gasteiger partial charge in [-0.25, -0.2) is 0 Å². The Morgan fingerprint density at radius 2 is 1.79 bits per heavy atom. The lowest BCUT2D eigenvalue weighted by Crippen LogP contribution is -2.38. The summed E-state index contributed by atoms with van der Waals surface area (Å²) in [5, 5.41) is 21.0. The molecule has 2 rings (SSSR count). The van der Waals surface area contributed by atoms with Gasteiger partial charge < -0.3 is 20.3 Å². The standard InChI is InChI=1S/C23H29NO5/c1-16(23(27)28)14-19(24-22(26)8-5-13-25)15-17-9-11-18(12-10-17)20-6-3-4-7-21(20)29-2/h3-4,6-7,9-12,16,19,25H,5,8,13-15H2,1-2H3,(H,24,26)(H,27,28). The summed E-state index contributed by atoms with van der Waals surface area (Å²) in [4.78, 5) is 23.3. The number of carboxylic acid groups (broad SMARTS) is 1. The summed E-state index contributed by atoms with van der Waals surface area (Å²) >= 11 is 0. The topological polar surface area (TPSA) is 95.9 Å². The Hall–Kier alpha value is -2.86. The number of benzene rings is 2. The summed E-state index contributed by atoms with van der Waals surface area (Å²) < 4.78 is 5.42. The predicted molar refractivity (Wildman–Crippen MR) is 112 cm³/mol. The lowest BCUT2D eigenvalue weighted by atomic mass is 9.94. The fourth-order valence-electron chi connectivity index (χ4n) is 3.25. The molecule has 0 heterocycles. The van der Waals surface area contributed by atoms with Crippen LogP contribution in [0.15, 0.2) is 48.5 Å². The SMILES string of the molecule is COc1ccccc1-c1ccc(CC(CC(C)C(=O)O)NC(=O)CCCO)cc1. The van der Waals surface area contributed by atoms with Gasteiger partial charge in [0.2, 0.25) is 5.91 Å². The number of aliphatic hydroxyl groups excluding tert-OH is 1. The number of carboxylic acids is 1. The van der Waals surface area contributed by atoms with Crippen molar-refractivity contribution in [2.24, 2.45) is 5.92 Å². The van der Waals surface area contributed by atoms with Crippen molar-refractivity contribution in [3.05, 3.63) is 54.1 Å². The van der Waals surface area contributed by atoms with Crippen LogP contribution in [0.3, 0.4) is 0 Å².